The molecule has 1 aliphatic rings. The fourth-order valence-corrected chi connectivity index (χ4v) is 3.57. The van der Waals surface area contributed by atoms with E-state index in [1.54, 1.807) is 31.1 Å². The van der Waals surface area contributed by atoms with Crippen molar-refractivity contribution in [2.24, 2.45) is 11.8 Å². The summed E-state index contributed by atoms with van der Waals surface area (Å²) >= 11 is 0. The maximum atomic E-state index is 13.4. The van der Waals surface area contributed by atoms with Crippen LogP contribution in [0.5, 0.6) is 5.88 Å². The number of pyridine rings is 1. The summed E-state index contributed by atoms with van der Waals surface area (Å²) in [6, 6.07) is 1.28. The molecule has 0 radical (unpaired) electrons. The first kappa shape index (κ1) is 25.1. The van der Waals surface area contributed by atoms with Gasteiger partial charge in [-0.25, -0.2) is 9.97 Å². The van der Waals surface area contributed by atoms with E-state index in [2.05, 4.69) is 26.8 Å². The number of aliphatic hydroxyl groups excluding tert-OH is 1. The Kier molecular flexibility index (Phi) is 8.18. The first-order valence-corrected chi connectivity index (χ1v) is 11.3. The molecule has 3 heterocycles. The second-order valence-corrected chi connectivity index (χ2v) is 8.90. The molecule has 9 nitrogen and oxygen atoms in total. The molecule has 2 aromatic rings. The molecule has 0 bridgehead atoms. The number of nitrogens with zero attached hydrogens (tertiary/aromatic N) is 5. The summed E-state index contributed by atoms with van der Waals surface area (Å²) in [5, 5.41) is 9.78. The molecule has 180 valence electrons. The minimum absolute atomic E-state index is 0.148. The van der Waals surface area contributed by atoms with Crippen LogP contribution < -0.4 is 4.74 Å². The average molecular weight is 466 g/mol. The Hall–Kier alpha value is -3.51. The lowest BCUT2D eigenvalue weighted by atomic mass is 9.99. The zero-order valence-electron chi connectivity index (χ0n) is 20.2. The van der Waals surface area contributed by atoms with Crippen molar-refractivity contribution in [1.82, 2.24) is 24.8 Å². The van der Waals surface area contributed by atoms with E-state index in [4.69, 9.17) is 4.74 Å². The smallest absolute Gasteiger partial charge is 0.273 e. The lowest BCUT2D eigenvalue weighted by molar-refractivity contribution is 0.0312. The number of ether oxygens (including phenoxy) is 1. The monoisotopic (exact) mass is 465 g/mol. The molecule has 0 saturated heterocycles. The van der Waals surface area contributed by atoms with Crippen LogP contribution in [0.1, 0.15) is 54.1 Å². The topological polar surface area (TPSA) is 109 Å². The predicted molar refractivity (Wildman–Crippen MR) is 126 cm³/mol. The van der Waals surface area contributed by atoms with E-state index in [9.17, 15) is 14.7 Å². The van der Waals surface area contributed by atoms with Crippen molar-refractivity contribution in [2.45, 2.75) is 39.8 Å². The summed E-state index contributed by atoms with van der Waals surface area (Å²) in [6.45, 7) is 8.13. The van der Waals surface area contributed by atoms with Gasteiger partial charge in [0, 0.05) is 49.6 Å². The molecule has 34 heavy (non-hydrogen) atoms. The highest BCUT2D eigenvalue weighted by molar-refractivity contribution is 5.97. The number of hydrogen-bond acceptors (Lipinski definition) is 7. The van der Waals surface area contributed by atoms with Crippen molar-refractivity contribution in [3.63, 3.8) is 0 Å². The molecule has 9 heteroatoms. The summed E-state index contributed by atoms with van der Waals surface area (Å²) in [5.41, 5.74) is 1.14. The molecule has 0 unspecified atom stereocenters. The standard InChI is InChI=1S/C25H31N5O4/c1-16(2)6-7-19-10-20-23(28-11-19)34-22(17(3)13-30(24(20)32)18(4)15-31)14-29(5)25(33)21-12-26-8-9-27-21/h8-12,16-18,22,31H,13-15H2,1-5H3/t17-,18-,22+/m1/s1. The van der Waals surface area contributed by atoms with Crippen LogP contribution in [0.4, 0.5) is 0 Å². The van der Waals surface area contributed by atoms with Crippen LogP contribution in [0, 0.1) is 23.7 Å². The Morgan fingerprint density at radius 3 is 2.71 bits per heavy atom. The summed E-state index contributed by atoms with van der Waals surface area (Å²) < 4.78 is 6.22. The third kappa shape index (κ3) is 5.88. The van der Waals surface area contributed by atoms with Crippen molar-refractivity contribution >= 4 is 11.8 Å². The molecule has 0 aliphatic carbocycles. The zero-order valence-corrected chi connectivity index (χ0v) is 20.2. The Balaban J connectivity index is 1.95. The van der Waals surface area contributed by atoms with Crippen molar-refractivity contribution in [3.05, 3.63) is 47.7 Å². The predicted octanol–water partition coefficient (Wildman–Crippen LogP) is 1.87. The first-order chi connectivity index (χ1) is 16.2. The van der Waals surface area contributed by atoms with Crippen LogP contribution in [0.15, 0.2) is 30.9 Å². The van der Waals surface area contributed by atoms with Crippen molar-refractivity contribution in [1.29, 1.82) is 0 Å². The summed E-state index contributed by atoms with van der Waals surface area (Å²) in [6.07, 6.45) is 5.52. The first-order valence-electron chi connectivity index (χ1n) is 11.3. The number of hydrogen-bond donors (Lipinski definition) is 1. The second-order valence-electron chi connectivity index (χ2n) is 8.90. The van der Waals surface area contributed by atoms with E-state index >= 15 is 0 Å². The molecule has 3 atom stereocenters. The van der Waals surface area contributed by atoms with Crippen LogP contribution in [0.25, 0.3) is 0 Å². The van der Waals surface area contributed by atoms with Gasteiger partial charge in [-0.3, -0.25) is 14.6 Å². The number of aliphatic hydroxyl groups is 1. The van der Waals surface area contributed by atoms with Crippen LogP contribution in [0.3, 0.4) is 0 Å². The molecule has 2 aromatic heterocycles. The minimum atomic E-state index is -0.453. The Morgan fingerprint density at radius 1 is 1.29 bits per heavy atom. The lowest BCUT2D eigenvalue weighted by Crippen LogP contribution is -2.50. The van der Waals surface area contributed by atoms with Gasteiger partial charge in [0.05, 0.1) is 25.4 Å². The van der Waals surface area contributed by atoms with Gasteiger partial charge in [0.25, 0.3) is 11.8 Å². The van der Waals surface area contributed by atoms with Gasteiger partial charge >= 0.3 is 0 Å². The molecule has 1 N–H and O–H groups in total. The maximum absolute atomic E-state index is 13.4. The van der Waals surface area contributed by atoms with Gasteiger partial charge in [-0.2, -0.15) is 0 Å². The quantitative estimate of drug-likeness (QED) is 0.672. The number of amides is 2. The van der Waals surface area contributed by atoms with Gasteiger partial charge in [0.15, 0.2) is 0 Å². The number of likely N-dealkylation sites (N-methyl/N-ethyl adjacent to an activating group) is 1. The van der Waals surface area contributed by atoms with Gasteiger partial charge in [0.2, 0.25) is 5.88 Å². The SMILES string of the molecule is CC(C)C#Cc1cnc2c(c1)C(=O)N([C@H](C)CO)C[C@@H](C)[C@H](CN(C)C(=O)c1cnccn1)O2. The van der Waals surface area contributed by atoms with Gasteiger partial charge in [-0.15, -0.1) is 0 Å². The van der Waals surface area contributed by atoms with E-state index in [-0.39, 0.29) is 53.9 Å². The molecular formula is C25H31N5O4. The maximum Gasteiger partial charge on any atom is 0.273 e. The number of carbonyl (C=O) groups is 2. The number of carbonyl (C=O) groups excluding carboxylic acids is 2. The normalized spacial score (nSPS) is 18.7. The molecule has 3 rings (SSSR count). The van der Waals surface area contributed by atoms with E-state index in [1.807, 2.05) is 20.8 Å². The highest BCUT2D eigenvalue weighted by Crippen LogP contribution is 2.27. The number of rotatable bonds is 5. The van der Waals surface area contributed by atoms with Crippen LogP contribution >= 0.6 is 0 Å². The number of aromatic nitrogens is 3. The van der Waals surface area contributed by atoms with E-state index in [0.29, 0.717) is 12.1 Å². The second kappa shape index (κ2) is 11.1. The molecule has 0 fully saturated rings. The van der Waals surface area contributed by atoms with E-state index in [1.165, 1.54) is 23.5 Å². The molecule has 0 spiro atoms. The Bertz CT molecular complexity index is 1080. The minimum Gasteiger partial charge on any atom is -0.472 e. The van der Waals surface area contributed by atoms with Gasteiger partial charge in [-0.05, 0) is 13.0 Å². The average Bonchev–Trinajstić information content (AvgIpc) is 2.84. The Morgan fingerprint density at radius 2 is 2.06 bits per heavy atom. The third-order valence-corrected chi connectivity index (χ3v) is 5.61. The molecular weight excluding hydrogens is 434 g/mol. The largest absolute Gasteiger partial charge is 0.472 e. The van der Waals surface area contributed by atoms with Crippen molar-refractivity contribution < 1.29 is 19.4 Å². The fraction of sp³-hybridized carbons (Fsp3) is 0.480. The lowest BCUT2D eigenvalue weighted by Gasteiger charge is -2.37. The Labute approximate surface area is 200 Å². The fourth-order valence-electron chi connectivity index (χ4n) is 3.57. The molecule has 1 aliphatic heterocycles. The van der Waals surface area contributed by atoms with E-state index < -0.39 is 12.1 Å². The van der Waals surface area contributed by atoms with Crippen molar-refractivity contribution in [3.8, 4) is 17.7 Å². The van der Waals surface area contributed by atoms with E-state index in [0.717, 1.165) is 0 Å². The summed E-state index contributed by atoms with van der Waals surface area (Å²) in [5.74, 6) is 5.77. The van der Waals surface area contributed by atoms with Gasteiger partial charge < -0.3 is 19.6 Å². The molecule has 2 amide bonds. The van der Waals surface area contributed by atoms with Crippen LogP contribution in [-0.2, 0) is 0 Å². The van der Waals surface area contributed by atoms with Crippen LogP contribution in [-0.4, -0.2) is 80.6 Å². The molecule has 0 aromatic carbocycles. The highest BCUT2D eigenvalue weighted by atomic mass is 16.5. The summed E-state index contributed by atoms with van der Waals surface area (Å²) in [7, 11) is 1.67. The van der Waals surface area contributed by atoms with Crippen LogP contribution in [0.2, 0.25) is 0 Å². The third-order valence-electron chi connectivity index (χ3n) is 5.61. The summed E-state index contributed by atoms with van der Waals surface area (Å²) in [4.78, 5) is 41.8. The molecule has 0 saturated carbocycles. The highest BCUT2D eigenvalue weighted by Gasteiger charge is 2.34. The zero-order chi connectivity index (χ0) is 24.8. The number of fused-ring (bicyclic) bond motifs is 1. The van der Waals surface area contributed by atoms with Crippen molar-refractivity contribution in [2.75, 3.05) is 26.7 Å². The van der Waals surface area contributed by atoms with Gasteiger partial charge in [-0.1, -0.05) is 32.6 Å². The van der Waals surface area contributed by atoms with Gasteiger partial charge in [0.1, 0.15) is 17.4 Å².